The van der Waals surface area contributed by atoms with Gasteiger partial charge in [0.05, 0.1) is 0 Å². The second-order valence-corrected chi connectivity index (χ2v) is 6.80. The fourth-order valence-electron chi connectivity index (χ4n) is 3.31. The monoisotopic (exact) mass is 359 g/mol. The summed E-state index contributed by atoms with van der Waals surface area (Å²) >= 11 is 0. The molecule has 1 heterocycles. The first kappa shape index (κ1) is 18.7. The van der Waals surface area contributed by atoms with E-state index in [1.54, 1.807) is 6.08 Å². The average Bonchev–Trinajstić information content (AvgIpc) is 3.25. The van der Waals surface area contributed by atoms with Crippen LogP contribution in [0.5, 0.6) is 0 Å². The highest BCUT2D eigenvalue weighted by molar-refractivity contribution is 6.01. The molecule has 4 heteroatoms. The third kappa shape index (κ3) is 5.46. The first-order valence-electron chi connectivity index (χ1n) is 9.55. The lowest BCUT2D eigenvalue weighted by atomic mass is 10.1. The van der Waals surface area contributed by atoms with Gasteiger partial charge in [-0.05, 0) is 55.0 Å². The van der Waals surface area contributed by atoms with E-state index in [0.29, 0.717) is 6.54 Å². The van der Waals surface area contributed by atoms with E-state index < -0.39 is 0 Å². The van der Waals surface area contributed by atoms with Crippen LogP contribution in [0.15, 0.2) is 60.2 Å². The second-order valence-electron chi connectivity index (χ2n) is 6.80. The van der Waals surface area contributed by atoms with E-state index >= 15 is 0 Å². The lowest BCUT2D eigenvalue weighted by Crippen LogP contribution is -2.25. The summed E-state index contributed by atoms with van der Waals surface area (Å²) in [6, 6.07) is 20.2. The molecule has 4 nitrogen and oxygen atoms in total. The van der Waals surface area contributed by atoms with Gasteiger partial charge in [0.1, 0.15) is 11.6 Å². The van der Waals surface area contributed by atoms with Crippen LogP contribution in [0.2, 0.25) is 0 Å². The van der Waals surface area contributed by atoms with Crippen molar-refractivity contribution in [1.29, 1.82) is 5.26 Å². The molecule has 2 aromatic carbocycles. The summed E-state index contributed by atoms with van der Waals surface area (Å²) in [6.07, 6.45) is 5.89. The van der Waals surface area contributed by atoms with Gasteiger partial charge < -0.3 is 10.2 Å². The zero-order chi connectivity index (χ0) is 18.9. The fraction of sp³-hybridized carbons (Fsp3) is 0.304. The van der Waals surface area contributed by atoms with Gasteiger partial charge in [-0.3, -0.25) is 4.79 Å². The number of nitriles is 1. The molecule has 0 aromatic heterocycles. The van der Waals surface area contributed by atoms with Crippen LogP contribution in [0, 0.1) is 11.3 Å². The van der Waals surface area contributed by atoms with E-state index in [9.17, 15) is 10.1 Å². The van der Waals surface area contributed by atoms with E-state index in [-0.39, 0.29) is 11.5 Å². The molecule has 1 aliphatic rings. The molecule has 0 bridgehead atoms. The van der Waals surface area contributed by atoms with Crippen LogP contribution in [-0.2, 0) is 11.2 Å². The Morgan fingerprint density at radius 1 is 1.07 bits per heavy atom. The van der Waals surface area contributed by atoms with Gasteiger partial charge in [-0.15, -0.1) is 0 Å². The van der Waals surface area contributed by atoms with Crippen molar-refractivity contribution in [2.24, 2.45) is 0 Å². The van der Waals surface area contributed by atoms with Crippen LogP contribution in [0.25, 0.3) is 6.08 Å². The first-order chi connectivity index (χ1) is 13.3. The standard InChI is InChI=1S/C23H25N3O/c24-18-21(23(27)25-14-6-9-19-7-2-1-3-8-19)17-20-10-12-22(13-11-20)26-15-4-5-16-26/h1-3,7-8,10-13,17H,4-6,9,14-16H2,(H,25,27)/b21-17-. The van der Waals surface area contributed by atoms with Gasteiger partial charge in [-0.2, -0.15) is 5.26 Å². The number of nitrogens with one attached hydrogen (secondary N) is 1. The number of hydrogen-bond acceptors (Lipinski definition) is 3. The maximum absolute atomic E-state index is 12.3. The van der Waals surface area contributed by atoms with Crippen molar-refractivity contribution < 1.29 is 4.79 Å². The molecule has 0 aliphatic carbocycles. The number of carbonyl (C=O) groups excluding carboxylic acids is 1. The molecule has 1 aliphatic heterocycles. The van der Waals surface area contributed by atoms with Crippen molar-refractivity contribution in [2.75, 3.05) is 24.5 Å². The summed E-state index contributed by atoms with van der Waals surface area (Å²) in [5.41, 5.74) is 3.46. The van der Waals surface area contributed by atoms with E-state index in [1.807, 2.05) is 36.4 Å². The van der Waals surface area contributed by atoms with Crippen LogP contribution in [0.1, 0.15) is 30.4 Å². The molecule has 0 atom stereocenters. The molecule has 1 saturated heterocycles. The summed E-state index contributed by atoms with van der Waals surface area (Å²) in [4.78, 5) is 14.6. The number of benzene rings is 2. The maximum Gasteiger partial charge on any atom is 0.261 e. The van der Waals surface area contributed by atoms with Gasteiger partial charge in [-0.1, -0.05) is 42.5 Å². The summed E-state index contributed by atoms with van der Waals surface area (Å²) in [7, 11) is 0. The Morgan fingerprint density at radius 3 is 2.44 bits per heavy atom. The van der Waals surface area contributed by atoms with Crippen molar-refractivity contribution in [1.82, 2.24) is 5.32 Å². The molecule has 1 fully saturated rings. The fourth-order valence-corrected chi connectivity index (χ4v) is 3.31. The quantitative estimate of drug-likeness (QED) is 0.463. The number of nitrogens with zero attached hydrogens (tertiary/aromatic N) is 2. The molecular weight excluding hydrogens is 334 g/mol. The maximum atomic E-state index is 12.3. The third-order valence-electron chi connectivity index (χ3n) is 4.81. The topological polar surface area (TPSA) is 56.1 Å². The molecule has 2 aromatic rings. The van der Waals surface area contributed by atoms with Crippen LogP contribution < -0.4 is 10.2 Å². The summed E-state index contributed by atoms with van der Waals surface area (Å²) in [5.74, 6) is -0.311. The van der Waals surface area contributed by atoms with Gasteiger partial charge >= 0.3 is 0 Å². The number of rotatable bonds is 7. The van der Waals surface area contributed by atoms with Crippen molar-refractivity contribution in [3.05, 3.63) is 71.3 Å². The molecule has 3 rings (SSSR count). The largest absolute Gasteiger partial charge is 0.372 e. The Morgan fingerprint density at radius 2 is 1.78 bits per heavy atom. The zero-order valence-electron chi connectivity index (χ0n) is 15.5. The van der Waals surface area contributed by atoms with Crippen molar-refractivity contribution in [2.45, 2.75) is 25.7 Å². The van der Waals surface area contributed by atoms with E-state index in [1.165, 1.54) is 24.1 Å². The molecule has 0 spiro atoms. The lowest BCUT2D eigenvalue weighted by Gasteiger charge is -2.17. The Labute approximate surface area is 161 Å². The molecule has 1 amide bonds. The normalized spacial score (nSPS) is 14.0. The summed E-state index contributed by atoms with van der Waals surface area (Å²) in [6.45, 7) is 2.76. The predicted octanol–water partition coefficient (Wildman–Crippen LogP) is 3.94. The number of amides is 1. The number of carbonyl (C=O) groups is 1. The van der Waals surface area contributed by atoms with Gasteiger partial charge in [0.2, 0.25) is 0 Å². The molecule has 138 valence electrons. The highest BCUT2D eigenvalue weighted by atomic mass is 16.1. The van der Waals surface area contributed by atoms with Gasteiger partial charge in [0.25, 0.3) is 5.91 Å². The Hall–Kier alpha value is -3.06. The minimum absolute atomic E-state index is 0.142. The first-order valence-corrected chi connectivity index (χ1v) is 9.55. The second kappa shape index (κ2) is 9.59. The highest BCUT2D eigenvalue weighted by Gasteiger charge is 2.12. The van der Waals surface area contributed by atoms with E-state index in [0.717, 1.165) is 31.5 Å². The molecule has 0 unspecified atom stereocenters. The average molecular weight is 359 g/mol. The summed E-state index contributed by atoms with van der Waals surface area (Å²) in [5, 5.41) is 12.2. The zero-order valence-corrected chi connectivity index (χ0v) is 15.5. The van der Waals surface area contributed by atoms with Gasteiger partial charge in [0.15, 0.2) is 0 Å². The van der Waals surface area contributed by atoms with E-state index in [2.05, 4.69) is 34.5 Å². The van der Waals surface area contributed by atoms with Crippen molar-refractivity contribution in [3.8, 4) is 6.07 Å². The Kier molecular flexibility index (Phi) is 6.65. The predicted molar refractivity (Wildman–Crippen MR) is 109 cm³/mol. The Bertz CT molecular complexity index is 813. The van der Waals surface area contributed by atoms with Gasteiger partial charge in [-0.25, -0.2) is 0 Å². The number of aryl methyl sites for hydroxylation is 1. The number of hydrogen-bond donors (Lipinski definition) is 1. The third-order valence-corrected chi connectivity index (χ3v) is 4.81. The van der Waals surface area contributed by atoms with Gasteiger partial charge in [0, 0.05) is 25.3 Å². The molecular formula is C23H25N3O. The molecule has 27 heavy (non-hydrogen) atoms. The minimum Gasteiger partial charge on any atom is -0.372 e. The van der Waals surface area contributed by atoms with Crippen LogP contribution >= 0.6 is 0 Å². The van der Waals surface area contributed by atoms with Crippen molar-refractivity contribution in [3.63, 3.8) is 0 Å². The van der Waals surface area contributed by atoms with Crippen LogP contribution in [0.3, 0.4) is 0 Å². The minimum atomic E-state index is -0.311. The smallest absolute Gasteiger partial charge is 0.261 e. The van der Waals surface area contributed by atoms with Crippen LogP contribution in [0.4, 0.5) is 5.69 Å². The highest BCUT2D eigenvalue weighted by Crippen LogP contribution is 2.21. The lowest BCUT2D eigenvalue weighted by molar-refractivity contribution is -0.117. The molecule has 0 saturated carbocycles. The SMILES string of the molecule is N#C/C(=C/c1ccc(N2CCCC2)cc1)C(=O)NCCCc1ccccc1. The van der Waals surface area contributed by atoms with E-state index in [4.69, 9.17) is 0 Å². The molecule has 0 radical (unpaired) electrons. The van der Waals surface area contributed by atoms with Crippen molar-refractivity contribution >= 4 is 17.7 Å². The summed E-state index contributed by atoms with van der Waals surface area (Å²) < 4.78 is 0. The number of anilines is 1. The Balaban J connectivity index is 1.52. The van der Waals surface area contributed by atoms with Crippen LogP contribution in [-0.4, -0.2) is 25.5 Å². The molecule has 1 N–H and O–H groups in total.